The normalized spacial score (nSPS) is 17.3. The first-order valence-corrected chi connectivity index (χ1v) is 12.4. The third-order valence-corrected chi connectivity index (χ3v) is 7.10. The zero-order chi connectivity index (χ0) is 26.3. The topological polar surface area (TPSA) is 85.8 Å². The summed E-state index contributed by atoms with van der Waals surface area (Å²) < 4.78 is 33.8. The second-order valence-corrected chi connectivity index (χ2v) is 9.64. The van der Waals surface area contributed by atoms with Crippen LogP contribution in [0, 0.1) is 11.3 Å². The number of piperazine rings is 1. The summed E-state index contributed by atoms with van der Waals surface area (Å²) in [6.07, 6.45) is 6.71. The summed E-state index contributed by atoms with van der Waals surface area (Å²) in [5.74, 6) is -1.06. The number of fused-ring (bicyclic) bond motifs is 1. The SMILES string of the molecule is COc1ccc(CN2CCN(c3ccc(-c4cc(N5CC(F)(F)C5)cn5ncc(C#N)c45)cn3)CC2)nc1. The van der Waals surface area contributed by atoms with Crippen LogP contribution in [0.4, 0.5) is 20.3 Å². The standard InChI is InChI=1S/C27H26F2N8O/c1-38-23-4-3-21(31-14-23)15-34-6-8-35(9-7-34)25-5-2-19(12-32-25)24-10-22(36-17-27(28,29)18-36)16-37-26(24)20(11-30)13-33-37/h2-5,10,12-14,16H,6-9,15,17-18H2,1H3. The maximum absolute atomic E-state index is 13.5. The molecule has 6 rings (SSSR count). The average Bonchev–Trinajstić information content (AvgIpc) is 3.35. The van der Waals surface area contributed by atoms with E-state index in [1.54, 1.807) is 35.1 Å². The largest absolute Gasteiger partial charge is 0.495 e. The van der Waals surface area contributed by atoms with E-state index in [-0.39, 0.29) is 13.1 Å². The number of rotatable bonds is 6. The monoisotopic (exact) mass is 516 g/mol. The summed E-state index contributed by atoms with van der Waals surface area (Å²) in [5.41, 5.74) is 4.24. The number of hydrogen-bond acceptors (Lipinski definition) is 8. The second kappa shape index (κ2) is 9.54. The van der Waals surface area contributed by atoms with E-state index in [0.717, 1.165) is 61.1 Å². The maximum Gasteiger partial charge on any atom is 0.282 e. The summed E-state index contributed by atoms with van der Waals surface area (Å²) in [7, 11) is 1.63. The zero-order valence-electron chi connectivity index (χ0n) is 20.9. The van der Waals surface area contributed by atoms with Crippen molar-refractivity contribution >= 4 is 17.0 Å². The van der Waals surface area contributed by atoms with Crippen LogP contribution in [0.15, 0.2) is 55.1 Å². The van der Waals surface area contributed by atoms with Gasteiger partial charge in [0.25, 0.3) is 5.92 Å². The second-order valence-electron chi connectivity index (χ2n) is 9.64. The van der Waals surface area contributed by atoms with Crippen LogP contribution in [0.3, 0.4) is 0 Å². The van der Waals surface area contributed by atoms with Gasteiger partial charge in [0.2, 0.25) is 0 Å². The molecule has 2 fully saturated rings. The summed E-state index contributed by atoms with van der Waals surface area (Å²) in [4.78, 5) is 15.4. The van der Waals surface area contributed by atoms with Crippen molar-refractivity contribution in [2.24, 2.45) is 0 Å². The quantitative estimate of drug-likeness (QED) is 0.385. The summed E-state index contributed by atoms with van der Waals surface area (Å²) in [6, 6.07) is 11.9. The molecule has 0 atom stereocenters. The van der Waals surface area contributed by atoms with Crippen molar-refractivity contribution in [3.05, 3.63) is 66.4 Å². The predicted octanol–water partition coefficient (Wildman–Crippen LogP) is 3.45. The third kappa shape index (κ3) is 4.59. The van der Waals surface area contributed by atoms with Gasteiger partial charge in [-0.05, 0) is 30.3 Å². The molecule has 9 nitrogen and oxygen atoms in total. The molecule has 2 saturated heterocycles. The van der Waals surface area contributed by atoms with Crippen molar-refractivity contribution in [3.63, 3.8) is 0 Å². The van der Waals surface area contributed by atoms with E-state index in [0.29, 0.717) is 16.8 Å². The lowest BCUT2D eigenvalue weighted by atomic mass is 10.0. The summed E-state index contributed by atoms with van der Waals surface area (Å²) in [6.45, 7) is 3.58. The van der Waals surface area contributed by atoms with Crippen molar-refractivity contribution in [1.29, 1.82) is 5.26 Å². The molecule has 0 aliphatic carbocycles. The van der Waals surface area contributed by atoms with Crippen LogP contribution in [0.25, 0.3) is 16.6 Å². The molecule has 0 unspecified atom stereocenters. The predicted molar refractivity (Wildman–Crippen MR) is 139 cm³/mol. The van der Waals surface area contributed by atoms with E-state index >= 15 is 0 Å². The number of aromatic nitrogens is 4. The van der Waals surface area contributed by atoms with Crippen molar-refractivity contribution in [3.8, 4) is 22.9 Å². The minimum atomic E-state index is -2.69. The fourth-order valence-electron chi connectivity index (χ4n) is 5.00. The van der Waals surface area contributed by atoms with E-state index in [9.17, 15) is 14.0 Å². The fourth-order valence-corrected chi connectivity index (χ4v) is 5.00. The first-order valence-electron chi connectivity index (χ1n) is 12.4. The Morgan fingerprint density at radius 3 is 2.45 bits per heavy atom. The number of anilines is 2. The third-order valence-electron chi connectivity index (χ3n) is 7.10. The fraction of sp³-hybridized carbons (Fsp3) is 0.333. The molecule has 38 heavy (non-hydrogen) atoms. The molecule has 2 aliphatic heterocycles. The smallest absolute Gasteiger partial charge is 0.282 e. The number of nitrogens with zero attached hydrogens (tertiary/aromatic N) is 8. The summed E-state index contributed by atoms with van der Waals surface area (Å²) in [5, 5.41) is 13.9. The minimum Gasteiger partial charge on any atom is -0.495 e. The molecule has 0 amide bonds. The molecule has 2 aliphatic rings. The van der Waals surface area contributed by atoms with E-state index in [1.807, 2.05) is 30.3 Å². The number of ether oxygens (including phenoxy) is 1. The van der Waals surface area contributed by atoms with Gasteiger partial charge in [-0.3, -0.25) is 9.88 Å². The summed E-state index contributed by atoms with van der Waals surface area (Å²) >= 11 is 0. The lowest BCUT2D eigenvalue weighted by Crippen LogP contribution is -2.56. The van der Waals surface area contributed by atoms with Crippen molar-refractivity contribution in [2.75, 3.05) is 56.2 Å². The van der Waals surface area contributed by atoms with Crippen LogP contribution >= 0.6 is 0 Å². The molecule has 0 saturated carbocycles. The van der Waals surface area contributed by atoms with Crippen molar-refractivity contribution in [1.82, 2.24) is 24.5 Å². The van der Waals surface area contributed by atoms with Gasteiger partial charge in [0.15, 0.2) is 0 Å². The number of hydrogen-bond donors (Lipinski definition) is 0. The Morgan fingerprint density at radius 1 is 1.00 bits per heavy atom. The Morgan fingerprint density at radius 2 is 1.82 bits per heavy atom. The molecule has 194 valence electrons. The van der Waals surface area contributed by atoms with Gasteiger partial charge in [-0.1, -0.05) is 0 Å². The Balaban J connectivity index is 1.18. The van der Waals surface area contributed by atoms with Crippen LogP contribution in [-0.4, -0.2) is 76.8 Å². The first-order chi connectivity index (χ1) is 18.4. The van der Waals surface area contributed by atoms with Crippen LogP contribution in [0.2, 0.25) is 0 Å². The number of pyridine rings is 3. The van der Waals surface area contributed by atoms with Gasteiger partial charge in [-0.2, -0.15) is 10.4 Å². The Kier molecular flexibility index (Phi) is 6.04. The highest BCUT2D eigenvalue weighted by atomic mass is 19.3. The van der Waals surface area contributed by atoms with Gasteiger partial charge in [-0.25, -0.2) is 18.3 Å². The van der Waals surface area contributed by atoms with E-state index < -0.39 is 5.92 Å². The highest BCUT2D eigenvalue weighted by molar-refractivity contribution is 5.86. The molecule has 11 heteroatoms. The van der Waals surface area contributed by atoms with Crippen LogP contribution < -0.4 is 14.5 Å². The number of methoxy groups -OCH3 is 1. The van der Waals surface area contributed by atoms with Gasteiger partial charge in [-0.15, -0.1) is 0 Å². The van der Waals surface area contributed by atoms with Gasteiger partial charge >= 0.3 is 0 Å². The number of alkyl halides is 2. The van der Waals surface area contributed by atoms with Gasteiger partial charge < -0.3 is 14.5 Å². The highest BCUT2D eigenvalue weighted by Gasteiger charge is 2.44. The average molecular weight is 517 g/mol. The molecule has 0 bridgehead atoms. The zero-order valence-corrected chi connectivity index (χ0v) is 20.9. The van der Waals surface area contributed by atoms with E-state index in [1.165, 1.54) is 6.20 Å². The van der Waals surface area contributed by atoms with Crippen molar-refractivity contribution in [2.45, 2.75) is 12.5 Å². The van der Waals surface area contributed by atoms with Gasteiger partial charge in [0, 0.05) is 50.0 Å². The number of halogens is 2. The van der Waals surface area contributed by atoms with E-state index in [2.05, 4.69) is 26.0 Å². The Labute approximate surface area is 218 Å². The minimum absolute atomic E-state index is 0.331. The van der Waals surface area contributed by atoms with Gasteiger partial charge in [0.1, 0.15) is 17.6 Å². The van der Waals surface area contributed by atoms with Crippen LogP contribution in [0.1, 0.15) is 11.3 Å². The molecule has 0 N–H and O–H groups in total. The van der Waals surface area contributed by atoms with E-state index in [4.69, 9.17) is 9.72 Å². The molecule has 4 aromatic heterocycles. The lowest BCUT2D eigenvalue weighted by Gasteiger charge is -2.40. The molecule has 0 spiro atoms. The number of nitriles is 1. The molecule has 6 heterocycles. The molecular weight excluding hydrogens is 490 g/mol. The molecule has 0 radical (unpaired) electrons. The van der Waals surface area contributed by atoms with Crippen molar-refractivity contribution < 1.29 is 13.5 Å². The van der Waals surface area contributed by atoms with Crippen LogP contribution in [0.5, 0.6) is 5.75 Å². The van der Waals surface area contributed by atoms with Gasteiger partial charge in [0.05, 0.1) is 61.3 Å². The molecule has 4 aromatic rings. The maximum atomic E-state index is 13.5. The highest BCUT2D eigenvalue weighted by Crippen LogP contribution is 2.36. The Bertz CT molecular complexity index is 1480. The molecular formula is C27H26F2N8O. The molecule has 0 aromatic carbocycles. The lowest BCUT2D eigenvalue weighted by molar-refractivity contribution is -0.0263. The first kappa shape index (κ1) is 24.1. The van der Waals surface area contributed by atoms with Crippen LogP contribution in [-0.2, 0) is 6.54 Å². The Hall–Kier alpha value is -4.30.